The van der Waals surface area contributed by atoms with Gasteiger partial charge in [0, 0.05) is 19.5 Å². The Bertz CT molecular complexity index is 175. The van der Waals surface area contributed by atoms with Crippen LogP contribution in [0.5, 0.6) is 0 Å². The third-order valence-corrected chi connectivity index (χ3v) is 3.04. The monoisotopic (exact) mass is 182 g/mol. The molecule has 1 unspecified atom stereocenters. The zero-order chi connectivity index (χ0) is 9.84. The Morgan fingerprint density at radius 1 is 1.54 bits per heavy atom. The Morgan fingerprint density at radius 3 is 2.69 bits per heavy atom. The van der Waals surface area contributed by atoms with Crippen LogP contribution in [0.4, 0.5) is 0 Å². The van der Waals surface area contributed by atoms with Gasteiger partial charge in [0.05, 0.1) is 5.84 Å². The summed E-state index contributed by atoms with van der Waals surface area (Å²) in [4.78, 5) is 2.26. The van der Waals surface area contributed by atoms with Crippen LogP contribution in [0.15, 0.2) is 0 Å². The quantitative estimate of drug-likeness (QED) is 0.527. The zero-order valence-electron chi connectivity index (χ0n) is 9.14. The van der Waals surface area contributed by atoms with Crippen LogP contribution in [-0.4, -0.2) is 23.8 Å². The molecular weight excluding hydrogens is 160 g/mol. The maximum absolute atomic E-state index is 7.84. The lowest BCUT2D eigenvalue weighted by Gasteiger charge is -2.20. The molecular formula is C11H22N2. The van der Waals surface area contributed by atoms with Crippen molar-refractivity contribution < 1.29 is 0 Å². The van der Waals surface area contributed by atoms with Gasteiger partial charge in [-0.1, -0.05) is 20.8 Å². The minimum atomic E-state index is 0.777. The van der Waals surface area contributed by atoms with Crippen molar-refractivity contribution in [1.82, 2.24) is 4.90 Å². The first-order valence-electron chi connectivity index (χ1n) is 5.47. The third-order valence-electron chi connectivity index (χ3n) is 3.04. The predicted molar refractivity (Wildman–Crippen MR) is 57.2 cm³/mol. The van der Waals surface area contributed by atoms with Crippen LogP contribution in [0.2, 0.25) is 0 Å². The van der Waals surface area contributed by atoms with E-state index >= 15 is 0 Å². The first kappa shape index (κ1) is 10.6. The van der Waals surface area contributed by atoms with Crippen molar-refractivity contribution in [2.24, 2.45) is 11.8 Å². The summed E-state index contributed by atoms with van der Waals surface area (Å²) in [7, 11) is 0. The zero-order valence-corrected chi connectivity index (χ0v) is 9.14. The fraction of sp³-hybridized carbons (Fsp3) is 0.909. The first-order chi connectivity index (χ1) is 6.15. The topological polar surface area (TPSA) is 27.1 Å². The van der Waals surface area contributed by atoms with Crippen LogP contribution in [0, 0.1) is 17.2 Å². The Balaban J connectivity index is 2.36. The van der Waals surface area contributed by atoms with E-state index in [1.165, 1.54) is 6.42 Å². The van der Waals surface area contributed by atoms with Crippen LogP contribution in [0.25, 0.3) is 0 Å². The van der Waals surface area contributed by atoms with Gasteiger partial charge in [0.1, 0.15) is 0 Å². The molecule has 1 aliphatic rings. The minimum absolute atomic E-state index is 0.777. The third kappa shape index (κ3) is 2.71. The summed E-state index contributed by atoms with van der Waals surface area (Å²) in [6.45, 7) is 8.96. The van der Waals surface area contributed by atoms with Crippen molar-refractivity contribution >= 4 is 5.84 Å². The summed E-state index contributed by atoms with van der Waals surface area (Å²) in [6, 6.07) is 0. The van der Waals surface area contributed by atoms with E-state index < -0.39 is 0 Å². The van der Waals surface area contributed by atoms with E-state index in [2.05, 4.69) is 25.7 Å². The highest BCUT2D eigenvalue weighted by molar-refractivity contribution is 5.79. The van der Waals surface area contributed by atoms with Crippen LogP contribution in [0.3, 0.4) is 0 Å². The van der Waals surface area contributed by atoms with Gasteiger partial charge in [-0.2, -0.15) is 0 Å². The van der Waals surface area contributed by atoms with Gasteiger partial charge >= 0.3 is 0 Å². The standard InChI is InChI=1S/C11H22N2/c1-4-5-11(12)13-7-6-10(8-13)9(2)3/h9-10,12H,4-8H2,1-3H3. The van der Waals surface area contributed by atoms with Gasteiger partial charge in [-0.05, 0) is 24.7 Å². The van der Waals surface area contributed by atoms with E-state index in [0.717, 1.165) is 43.6 Å². The summed E-state index contributed by atoms with van der Waals surface area (Å²) < 4.78 is 0. The number of nitrogens with one attached hydrogen (secondary N) is 1. The lowest BCUT2D eigenvalue weighted by atomic mass is 9.95. The summed E-state index contributed by atoms with van der Waals surface area (Å²) in [5.74, 6) is 2.45. The number of likely N-dealkylation sites (tertiary alicyclic amines) is 1. The molecule has 1 N–H and O–H groups in total. The molecule has 0 aromatic rings. The summed E-state index contributed by atoms with van der Waals surface area (Å²) in [6.07, 6.45) is 3.33. The van der Waals surface area contributed by atoms with E-state index in [1.54, 1.807) is 0 Å². The minimum Gasteiger partial charge on any atom is -0.360 e. The fourth-order valence-electron chi connectivity index (χ4n) is 1.97. The first-order valence-corrected chi connectivity index (χ1v) is 5.47. The van der Waals surface area contributed by atoms with Crippen LogP contribution >= 0.6 is 0 Å². The van der Waals surface area contributed by atoms with E-state index in [4.69, 9.17) is 5.41 Å². The molecule has 1 rings (SSSR count). The molecule has 0 spiro atoms. The molecule has 1 fully saturated rings. The van der Waals surface area contributed by atoms with Crippen LogP contribution < -0.4 is 0 Å². The number of hydrogen-bond acceptors (Lipinski definition) is 1. The summed E-state index contributed by atoms with van der Waals surface area (Å²) in [5.41, 5.74) is 0. The number of nitrogens with zero attached hydrogens (tertiary/aromatic N) is 1. The molecule has 76 valence electrons. The molecule has 1 atom stereocenters. The van der Waals surface area contributed by atoms with E-state index in [1.807, 2.05) is 0 Å². The van der Waals surface area contributed by atoms with E-state index in [0.29, 0.717) is 0 Å². The van der Waals surface area contributed by atoms with Crippen LogP contribution in [-0.2, 0) is 0 Å². The second-order valence-corrected chi connectivity index (χ2v) is 4.44. The van der Waals surface area contributed by atoms with Crippen molar-refractivity contribution in [1.29, 1.82) is 5.41 Å². The lowest BCUT2D eigenvalue weighted by Crippen LogP contribution is -2.28. The largest absolute Gasteiger partial charge is 0.360 e. The second kappa shape index (κ2) is 4.64. The molecule has 13 heavy (non-hydrogen) atoms. The molecule has 1 saturated heterocycles. The van der Waals surface area contributed by atoms with Gasteiger partial charge in [0.25, 0.3) is 0 Å². The molecule has 0 amide bonds. The Kier molecular flexibility index (Phi) is 3.76. The number of amidine groups is 1. The molecule has 1 aliphatic heterocycles. The molecule has 0 radical (unpaired) electrons. The molecule has 2 heteroatoms. The Hall–Kier alpha value is -0.530. The number of hydrogen-bond donors (Lipinski definition) is 1. The second-order valence-electron chi connectivity index (χ2n) is 4.44. The van der Waals surface area contributed by atoms with Gasteiger partial charge in [0.15, 0.2) is 0 Å². The highest BCUT2D eigenvalue weighted by Crippen LogP contribution is 2.24. The predicted octanol–water partition coefficient (Wildman–Crippen LogP) is 2.74. The van der Waals surface area contributed by atoms with Crippen molar-refractivity contribution in [3.05, 3.63) is 0 Å². The van der Waals surface area contributed by atoms with Gasteiger partial charge in [-0.3, -0.25) is 5.41 Å². The normalized spacial score (nSPS) is 22.8. The van der Waals surface area contributed by atoms with E-state index in [9.17, 15) is 0 Å². The summed E-state index contributed by atoms with van der Waals surface area (Å²) >= 11 is 0. The average Bonchev–Trinajstić information content (AvgIpc) is 2.52. The molecule has 0 aromatic heterocycles. The van der Waals surface area contributed by atoms with Crippen LogP contribution in [0.1, 0.15) is 40.0 Å². The maximum Gasteiger partial charge on any atom is 0.0957 e. The molecule has 2 nitrogen and oxygen atoms in total. The molecule has 1 heterocycles. The van der Waals surface area contributed by atoms with Gasteiger partial charge in [-0.25, -0.2) is 0 Å². The van der Waals surface area contributed by atoms with Gasteiger partial charge in [0.2, 0.25) is 0 Å². The molecule has 0 aliphatic carbocycles. The SMILES string of the molecule is CCCC(=N)N1CCC(C(C)C)C1. The summed E-state index contributed by atoms with van der Waals surface area (Å²) in [5, 5.41) is 7.84. The van der Waals surface area contributed by atoms with Gasteiger partial charge < -0.3 is 4.90 Å². The smallest absolute Gasteiger partial charge is 0.0957 e. The fourth-order valence-corrected chi connectivity index (χ4v) is 1.97. The highest BCUT2D eigenvalue weighted by atomic mass is 15.2. The van der Waals surface area contributed by atoms with Crippen molar-refractivity contribution in [3.8, 4) is 0 Å². The highest BCUT2D eigenvalue weighted by Gasteiger charge is 2.25. The maximum atomic E-state index is 7.84. The number of rotatable bonds is 3. The van der Waals surface area contributed by atoms with E-state index in [-0.39, 0.29) is 0 Å². The Labute approximate surface area is 81.8 Å². The molecule has 0 aromatic carbocycles. The van der Waals surface area contributed by atoms with Gasteiger partial charge in [-0.15, -0.1) is 0 Å². The van der Waals surface area contributed by atoms with Crippen molar-refractivity contribution in [2.75, 3.05) is 13.1 Å². The molecule has 0 bridgehead atoms. The van der Waals surface area contributed by atoms with Crippen molar-refractivity contribution in [3.63, 3.8) is 0 Å². The Morgan fingerprint density at radius 2 is 2.23 bits per heavy atom. The lowest BCUT2D eigenvalue weighted by molar-refractivity contribution is 0.385. The van der Waals surface area contributed by atoms with Crippen molar-refractivity contribution in [2.45, 2.75) is 40.0 Å². The average molecular weight is 182 g/mol. The molecule has 0 saturated carbocycles.